The molecule has 0 saturated heterocycles. The van der Waals surface area contributed by atoms with E-state index in [9.17, 15) is 4.21 Å². The second-order valence-electron chi connectivity index (χ2n) is 4.56. The normalized spacial score (nSPS) is 16.7. The van der Waals surface area contributed by atoms with Crippen LogP contribution >= 0.6 is 0 Å². The largest absolute Gasteiger partial charge is 0.373 e. The zero-order valence-electron chi connectivity index (χ0n) is 11.5. The number of nitrogens with zero attached hydrogens (tertiary/aromatic N) is 1. The van der Waals surface area contributed by atoms with Crippen LogP contribution < -0.4 is 0 Å². The molecule has 0 fully saturated rings. The van der Waals surface area contributed by atoms with E-state index in [1.54, 1.807) is 13.3 Å². The van der Waals surface area contributed by atoms with E-state index in [0.717, 1.165) is 18.4 Å². The van der Waals surface area contributed by atoms with Crippen LogP contribution in [0.1, 0.15) is 32.3 Å². The first-order valence-electron chi connectivity index (χ1n) is 6.09. The highest BCUT2D eigenvalue weighted by Gasteiger charge is 2.20. The fourth-order valence-corrected chi connectivity index (χ4v) is 2.40. The van der Waals surface area contributed by atoms with E-state index in [1.807, 2.05) is 38.1 Å². The molecular formula is C14H21NO2S. The summed E-state index contributed by atoms with van der Waals surface area (Å²) in [5, 5.41) is 0. The quantitative estimate of drug-likeness (QED) is 0.742. The van der Waals surface area contributed by atoms with Gasteiger partial charge in [0, 0.05) is 13.3 Å². The van der Waals surface area contributed by atoms with E-state index < -0.39 is 16.6 Å². The van der Waals surface area contributed by atoms with Gasteiger partial charge in [-0.2, -0.15) is 4.40 Å². The third-order valence-corrected chi connectivity index (χ3v) is 3.83. The molecule has 0 bridgehead atoms. The van der Waals surface area contributed by atoms with E-state index >= 15 is 0 Å². The Kier molecular flexibility index (Phi) is 5.69. The van der Waals surface area contributed by atoms with Gasteiger partial charge < -0.3 is 4.74 Å². The number of rotatable bonds is 6. The third kappa shape index (κ3) is 4.35. The summed E-state index contributed by atoms with van der Waals surface area (Å²) in [6.07, 6.45) is 3.51. The topological polar surface area (TPSA) is 38.7 Å². The van der Waals surface area contributed by atoms with Gasteiger partial charge in [-0.15, -0.1) is 0 Å². The molecule has 0 saturated carbocycles. The van der Waals surface area contributed by atoms with Gasteiger partial charge in [0.2, 0.25) is 0 Å². The standard InChI is InChI=1S/C14H21NO2S/c1-5-10-14(3,17-4)11-15-18(16)13-8-6-12(2)7-9-13/h6-9,11H,5,10H2,1-4H3/b15-11+. The Labute approximate surface area is 112 Å². The zero-order valence-corrected chi connectivity index (χ0v) is 12.3. The minimum absolute atomic E-state index is 0.435. The van der Waals surface area contributed by atoms with Gasteiger partial charge in [0.15, 0.2) is 11.0 Å². The molecule has 100 valence electrons. The third-order valence-electron chi connectivity index (χ3n) is 2.86. The Morgan fingerprint density at radius 1 is 1.39 bits per heavy atom. The summed E-state index contributed by atoms with van der Waals surface area (Å²) in [6, 6.07) is 7.55. The highest BCUT2D eigenvalue weighted by molar-refractivity contribution is 7.83. The molecule has 0 aliphatic carbocycles. The van der Waals surface area contributed by atoms with Crippen LogP contribution in [0.5, 0.6) is 0 Å². The van der Waals surface area contributed by atoms with E-state index in [1.165, 1.54) is 0 Å². The van der Waals surface area contributed by atoms with Gasteiger partial charge in [0.05, 0.1) is 4.90 Å². The van der Waals surface area contributed by atoms with Gasteiger partial charge in [-0.1, -0.05) is 31.0 Å². The number of benzene rings is 1. The summed E-state index contributed by atoms with van der Waals surface area (Å²) >= 11 is 0. The predicted molar refractivity (Wildman–Crippen MR) is 76.4 cm³/mol. The second kappa shape index (κ2) is 6.81. The van der Waals surface area contributed by atoms with Crippen molar-refractivity contribution in [3.05, 3.63) is 29.8 Å². The van der Waals surface area contributed by atoms with Crippen LogP contribution in [0.15, 0.2) is 33.6 Å². The molecule has 0 spiro atoms. The van der Waals surface area contributed by atoms with E-state index in [0.29, 0.717) is 4.90 Å². The molecule has 0 aliphatic rings. The van der Waals surface area contributed by atoms with Crippen LogP contribution in [0.2, 0.25) is 0 Å². The van der Waals surface area contributed by atoms with Gasteiger partial charge in [0.1, 0.15) is 5.60 Å². The highest BCUT2D eigenvalue weighted by Crippen LogP contribution is 2.15. The Morgan fingerprint density at radius 3 is 2.50 bits per heavy atom. The lowest BCUT2D eigenvalue weighted by molar-refractivity contribution is 0.0627. The Morgan fingerprint density at radius 2 is 2.00 bits per heavy atom. The van der Waals surface area contributed by atoms with E-state index in [4.69, 9.17) is 4.74 Å². The summed E-state index contributed by atoms with van der Waals surface area (Å²) < 4.78 is 21.5. The van der Waals surface area contributed by atoms with Gasteiger partial charge in [0.25, 0.3) is 0 Å². The highest BCUT2D eigenvalue weighted by atomic mass is 32.2. The molecule has 18 heavy (non-hydrogen) atoms. The fraction of sp³-hybridized carbons (Fsp3) is 0.500. The summed E-state index contributed by atoms with van der Waals surface area (Å²) in [4.78, 5) is 0.715. The molecule has 0 N–H and O–H groups in total. The summed E-state index contributed by atoms with van der Waals surface area (Å²) in [5.41, 5.74) is 0.710. The van der Waals surface area contributed by atoms with Gasteiger partial charge in [-0.05, 0) is 32.4 Å². The number of hydrogen-bond donors (Lipinski definition) is 0. The maximum atomic E-state index is 12.0. The fourth-order valence-electron chi connectivity index (χ4n) is 1.59. The summed E-state index contributed by atoms with van der Waals surface area (Å²) in [6.45, 7) is 6.04. The van der Waals surface area contributed by atoms with Crippen molar-refractivity contribution in [1.82, 2.24) is 0 Å². The van der Waals surface area contributed by atoms with Gasteiger partial charge >= 0.3 is 0 Å². The maximum absolute atomic E-state index is 12.0. The Balaban J connectivity index is 2.77. The van der Waals surface area contributed by atoms with Crippen molar-refractivity contribution >= 4 is 17.2 Å². The number of ether oxygens (including phenoxy) is 1. The molecular weight excluding hydrogens is 246 g/mol. The summed E-state index contributed by atoms with van der Waals surface area (Å²) in [5.74, 6) is 0. The van der Waals surface area contributed by atoms with Crippen LogP contribution in [0.25, 0.3) is 0 Å². The zero-order chi connectivity index (χ0) is 13.6. The lowest BCUT2D eigenvalue weighted by Gasteiger charge is -2.22. The van der Waals surface area contributed by atoms with Gasteiger partial charge in [-0.25, -0.2) is 4.21 Å². The molecule has 0 aromatic heterocycles. The molecule has 1 rings (SSSR count). The lowest BCUT2D eigenvalue weighted by atomic mass is 10.0. The van der Waals surface area contributed by atoms with Crippen molar-refractivity contribution in [3.8, 4) is 0 Å². The number of methoxy groups -OCH3 is 1. The first kappa shape index (κ1) is 15.1. The molecule has 4 heteroatoms. The van der Waals surface area contributed by atoms with Crippen molar-refractivity contribution in [1.29, 1.82) is 0 Å². The van der Waals surface area contributed by atoms with Crippen LogP contribution in [0.3, 0.4) is 0 Å². The van der Waals surface area contributed by atoms with Crippen LogP contribution in [-0.4, -0.2) is 23.1 Å². The minimum atomic E-state index is -1.35. The minimum Gasteiger partial charge on any atom is -0.373 e. The molecule has 0 radical (unpaired) electrons. The second-order valence-corrected chi connectivity index (χ2v) is 5.74. The summed E-state index contributed by atoms with van der Waals surface area (Å²) in [7, 11) is 0.295. The van der Waals surface area contributed by atoms with E-state index in [2.05, 4.69) is 11.3 Å². The van der Waals surface area contributed by atoms with Crippen molar-refractivity contribution in [2.75, 3.05) is 7.11 Å². The SMILES string of the molecule is CCCC(C)(/C=N/S(=O)c1ccc(C)cc1)OC. The smallest absolute Gasteiger partial charge is 0.172 e. The predicted octanol–water partition coefficient (Wildman–Crippen LogP) is 3.29. The molecule has 2 atom stereocenters. The van der Waals surface area contributed by atoms with Crippen LogP contribution in [-0.2, 0) is 15.7 Å². The van der Waals surface area contributed by atoms with Crippen molar-refractivity contribution < 1.29 is 8.95 Å². The van der Waals surface area contributed by atoms with Crippen molar-refractivity contribution in [2.24, 2.45) is 4.40 Å². The Bertz CT molecular complexity index is 428. The maximum Gasteiger partial charge on any atom is 0.172 e. The van der Waals surface area contributed by atoms with Crippen molar-refractivity contribution in [3.63, 3.8) is 0 Å². The molecule has 0 heterocycles. The van der Waals surface area contributed by atoms with E-state index in [-0.39, 0.29) is 0 Å². The average Bonchev–Trinajstić information content (AvgIpc) is 2.37. The molecule has 2 unspecified atom stereocenters. The first-order valence-corrected chi connectivity index (χ1v) is 7.20. The number of aryl methyl sites for hydroxylation is 1. The molecule has 0 amide bonds. The monoisotopic (exact) mass is 267 g/mol. The van der Waals surface area contributed by atoms with Crippen molar-refractivity contribution in [2.45, 2.75) is 44.1 Å². The van der Waals surface area contributed by atoms with Crippen LogP contribution in [0.4, 0.5) is 0 Å². The molecule has 3 nitrogen and oxygen atoms in total. The number of hydrogen-bond acceptors (Lipinski definition) is 2. The molecule has 1 aromatic carbocycles. The Hall–Kier alpha value is -1.00. The van der Waals surface area contributed by atoms with Crippen LogP contribution in [0, 0.1) is 6.92 Å². The molecule has 1 aromatic rings. The lowest BCUT2D eigenvalue weighted by Crippen LogP contribution is -2.29. The molecule has 0 aliphatic heterocycles. The average molecular weight is 267 g/mol. The first-order chi connectivity index (χ1) is 8.50. The van der Waals surface area contributed by atoms with Gasteiger partial charge in [-0.3, -0.25) is 0 Å².